The Labute approximate surface area is 88.5 Å². The molecule has 3 heteroatoms. The molecule has 0 saturated carbocycles. The number of aryl methyl sites for hydroxylation is 1. The van der Waals surface area contributed by atoms with Crippen LogP contribution in [-0.4, -0.2) is 9.78 Å². The topological polar surface area (TPSA) is 17.8 Å². The second-order valence-corrected chi connectivity index (χ2v) is 4.55. The number of rotatable bonds is 4. The lowest BCUT2D eigenvalue weighted by molar-refractivity contribution is 0.476. The van der Waals surface area contributed by atoms with Crippen molar-refractivity contribution in [1.29, 1.82) is 0 Å². The molecule has 0 amide bonds. The summed E-state index contributed by atoms with van der Waals surface area (Å²) in [6.07, 6.45) is 4.12. The zero-order chi connectivity index (χ0) is 9.84. The van der Waals surface area contributed by atoms with Gasteiger partial charge in [0.05, 0.1) is 16.4 Å². The van der Waals surface area contributed by atoms with E-state index in [4.69, 9.17) is 0 Å². The van der Waals surface area contributed by atoms with E-state index in [0.717, 1.165) is 23.4 Å². The van der Waals surface area contributed by atoms with Gasteiger partial charge in [0.25, 0.3) is 0 Å². The minimum absolute atomic E-state index is 0.743. The molecule has 1 aromatic rings. The third-order valence-electron chi connectivity index (χ3n) is 2.15. The van der Waals surface area contributed by atoms with Crippen molar-refractivity contribution in [2.75, 3.05) is 0 Å². The third kappa shape index (κ3) is 2.83. The molecule has 0 aliphatic rings. The number of halogens is 1. The minimum Gasteiger partial charge on any atom is -0.268 e. The quantitative estimate of drug-likeness (QED) is 0.796. The monoisotopic (exact) mass is 244 g/mol. The standard InChI is InChI=1S/C10H17BrN2/c1-4-10-9(11)7-12-13(10)6-5-8(2)3/h7-8H,4-6H2,1-3H3. The van der Waals surface area contributed by atoms with Crippen LogP contribution in [-0.2, 0) is 13.0 Å². The van der Waals surface area contributed by atoms with Gasteiger partial charge in [0.1, 0.15) is 0 Å². The number of hydrogen-bond acceptors (Lipinski definition) is 1. The van der Waals surface area contributed by atoms with Crippen LogP contribution in [0.15, 0.2) is 10.7 Å². The second kappa shape index (κ2) is 4.80. The summed E-state index contributed by atoms with van der Waals surface area (Å²) >= 11 is 3.50. The summed E-state index contributed by atoms with van der Waals surface area (Å²) in [6, 6.07) is 0. The average Bonchev–Trinajstić information content (AvgIpc) is 2.42. The van der Waals surface area contributed by atoms with Gasteiger partial charge in [-0.3, -0.25) is 4.68 Å². The Bertz CT molecular complexity index is 266. The molecule has 0 fully saturated rings. The molecule has 0 radical (unpaired) electrons. The van der Waals surface area contributed by atoms with Gasteiger partial charge in [-0.1, -0.05) is 20.8 Å². The van der Waals surface area contributed by atoms with Crippen LogP contribution < -0.4 is 0 Å². The molecule has 0 saturated heterocycles. The van der Waals surface area contributed by atoms with E-state index in [1.165, 1.54) is 12.1 Å². The molecule has 0 N–H and O–H groups in total. The van der Waals surface area contributed by atoms with Crippen molar-refractivity contribution in [3.63, 3.8) is 0 Å². The summed E-state index contributed by atoms with van der Waals surface area (Å²) < 4.78 is 3.24. The van der Waals surface area contributed by atoms with Crippen molar-refractivity contribution in [1.82, 2.24) is 9.78 Å². The summed E-state index contributed by atoms with van der Waals surface area (Å²) in [4.78, 5) is 0. The van der Waals surface area contributed by atoms with Gasteiger partial charge in [0.15, 0.2) is 0 Å². The van der Waals surface area contributed by atoms with Crippen molar-refractivity contribution in [3.05, 3.63) is 16.4 Å². The van der Waals surface area contributed by atoms with E-state index in [1.807, 2.05) is 6.20 Å². The molecule has 0 aromatic carbocycles. The summed E-state index contributed by atoms with van der Waals surface area (Å²) in [6.45, 7) is 7.68. The first-order valence-electron chi connectivity index (χ1n) is 4.85. The second-order valence-electron chi connectivity index (χ2n) is 3.70. The normalized spacial score (nSPS) is 11.2. The maximum Gasteiger partial charge on any atom is 0.0635 e. The highest BCUT2D eigenvalue weighted by molar-refractivity contribution is 9.10. The van der Waals surface area contributed by atoms with Crippen molar-refractivity contribution >= 4 is 15.9 Å². The van der Waals surface area contributed by atoms with Crippen molar-refractivity contribution in [3.8, 4) is 0 Å². The fourth-order valence-electron chi connectivity index (χ4n) is 1.31. The maximum atomic E-state index is 4.33. The molecule has 1 rings (SSSR count). The molecular formula is C10H17BrN2. The van der Waals surface area contributed by atoms with E-state index >= 15 is 0 Å². The fraction of sp³-hybridized carbons (Fsp3) is 0.700. The molecule has 0 spiro atoms. The zero-order valence-corrected chi connectivity index (χ0v) is 10.1. The summed E-state index contributed by atoms with van der Waals surface area (Å²) in [7, 11) is 0. The Morgan fingerprint density at radius 1 is 1.54 bits per heavy atom. The molecule has 1 aromatic heterocycles. The highest BCUT2D eigenvalue weighted by atomic mass is 79.9. The largest absolute Gasteiger partial charge is 0.268 e. The van der Waals surface area contributed by atoms with Crippen LogP contribution >= 0.6 is 15.9 Å². The van der Waals surface area contributed by atoms with Gasteiger partial charge in [-0.15, -0.1) is 0 Å². The molecule has 0 aliphatic heterocycles. The molecule has 0 atom stereocenters. The van der Waals surface area contributed by atoms with E-state index in [0.29, 0.717) is 0 Å². The molecule has 13 heavy (non-hydrogen) atoms. The first-order chi connectivity index (χ1) is 6.15. The van der Waals surface area contributed by atoms with Crippen LogP contribution in [0.4, 0.5) is 0 Å². The summed E-state index contributed by atoms with van der Waals surface area (Å²) in [5.41, 5.74) is 1.31. The average molecular weight is 245 g/mol. The number of hydrogen-bond donors (Lipinski definition) is 0. The molecule has 74 valence electrons. The lowest BCUT2D eigenvalue weighted by atomic mass is 10.1. The third-order valence-corrected chi connectivity index (χ3v) is 2.81. The predicted octanol–water partition coefficient (Wildman–Crippen LogP) is 3.25. The summed E-state index contributed by atoms with van der Waals surface area (Å²) in [5.74, 6) is 0.743. The van der Waals surface area contributed by atoms with Crippen molar-refractivity contribution in [2.45, 2.75) is 40.2 Å². The summed E-state index contributed by atoms with van der Waals surface area (Å²) in [5, 5.41) is 4.33. The molecule has 0 unspecified atom stereocenters. The highest BCUT2D eigenvalue weighted by Gasteiger charge is 2.06. The van der Waals surface area contributed by atoms with E-state index < -0.39 is 0 Å². The molecular weight excluding hydrogens is 228 g/mol. The Hall–Kier alpha value is -0.310. The van der Waals surface area contributed by atoms with E-state index in [-0.39, 0.29) is 0 Å². The van der Waals surface area contributed by atoms with Gasteiger partial charge < -0.3 is 0 Å². The van der Waals surface area contributed by atoms with Gasteiger partial charge in [-0.05, 0) is 34.7 Å². The van der Waals surface area contributed by atoms with Gasteiger partial charge in [0, 0.05) is 6.54 Å². The number of nitrogens with zero attached hydrogens (tertiary/aromatic N) is 2. The predicted molar refractivity (Wildman–Crippen MR) is 58.8 cm³/mol. The van der Waals surface area contributed by atoms with E-state index in [2.05, 4.69) is 46.5 Å². The van der Waals surface area contributed by atoms with Crippen LogP contribution in [0.1, 0.15) is 32.9 Å². The van der Waals surface area contributed by atoms with Gasteiger partial charge >= 0.3 is 0 Å². The zero-order valence-electron chi connectivity index (χ0n) is 8.55. The van der Waals surface area contributed by atoms with Crippen LogP contribution in [0.5, 0.6) is 0 Å². The van der Waals surface area contributed by atoms with Crippen LogP contribution in [0.3, 0.4) is 0 Å². The van der Waals surface area contributed by atoms with Crippen LogP contribution in [0.25, 0.3) is 0 Å². The SMILES string of the molecule is CCc1c(Br)cnn1CCC(C)C. The van der Waals surface area contributed by atoms with E-state index in [9.17, 15) is 0 Å². The first-order valence-corrected chi connectivity index (χ1v) is 5.64. The first kappa shape index (κ1) is 10.8. The van der Waals surface area contributed by atoms with Gasteiger partial charge in [-0.2, -0.15) is 5.10 Å². The Kier molecular flexibility index (Phi) is 3.97. The van der Waals surface area contributed by atoms with Gasteiger partial charge in [0.2, 0.25) is 0 Å². The number of aromatic nitrogens is 2. The Balaban J connectivity index is 2.65. The van der Waals surface area contributed by atoms with Crippen LogP contribution in [0.2, 0.25) is 0 Å². The van der Waals surface area contributed by atoms with Crippen molar-refractivity contribution < 1.29 is 0 Å². The molecule has 1 heterocycles. The molecule has 0 aliphatic carbocycles. The maximum absolute atomic E-state index is 4.33. The molecule has 2 nitrogen and oxygen atoms in total. The lowest BCUT2D eigenvalue weighted by Gasteiger charge is -2.07. The van der Waals surface area contributed by atoms with Crippen LogP contribution in [0, 0.1) is 5.92 Å². The Morgan fingerprint density at radius 2 is 2.23 bits per heavy atom. The Morgan fingerprint density at radius 3 is 2.77 bits per heavy atom. The molecule has 0 bridgehead atoms. The smallest absolute Gasteiger partial charge is 0.0635 e. The van der Waals surface area contributed by atoms with Crippen molar-refractivity contribution in [2.24, 2.45) is 5.92 Å². The van der Waals surface area contributed by atoms with E-state index in [1.54, 1.807) is 0 Å². The fourth-order valence-corrected chi connectivity index (χ4v) is 1.89. The highest BCUT2D eigenvalue weighted by Crippen LogP contribution is 2.17. The van der Waals surface area contributed by atoms with Gasteiger partial charge in [-0.25, -0.2) is 0 Å². The lowest BCUT2D eigenvalue weighted by Crippen LogP contribution is -2.06. The minimum atomic E-state index is 0.743.